The minimum Gasteiger partial charge on any atom is -0.481 e. The van der Waals surface area contributed by atoms with E-state index in [2.05, 4.69) is 49.8 Å². The maximum Gasteiger partial charge on any atom is 0.331 e. The van der Waals surface area contributed by atoms with Crippen molar-refractivity contribution in [3.8, 4) is 0 Å². The molecule has 356 valence electrons. The summed E-state index contributed by atoms with van der Waals surface area (Å²) in [6.45, 7) is 20.7. The van der Waals surface area contributed by atoms with Crippen LogP contribution in [0.5, 0.6) is 0 Å². The molecule has 14 nitrogen and oxygen atoms in total. The topological polar surface area (TPSA) is 213 Å². The van der Waals surface area contributed by atoms with Gasteiger partial charge in [0.1, 0.15) is 0 Å². The lowest BCUT2D eigenvalue weighted by atomic mass is 9.69. The highest BCUT2D eigenvalue weighted by atomic mass is 16.4. The molecule has 5 N–H and O–H groups in total. The molecule has 3 aliphatic heterocycles. The predicted molar refractivity (Wildman–Crippen MR) is 242 cm³/mol. The van der Waals surface area contributed by atoms with Gasteiger partial charge in [-0.1, -0.05) is 60.1 Å². The first-order valence-electron chi connectivity index (χ1n) is 23.6. The second-order valence-corrected chi connectivity index (χ2v) is 18.3. The van der Waals surface area contributed by atoms with Crippen molar-refractivity contribution in [2.24, 2.45) is 41.4 Å². The van der Waals surface area contributed by atoms with Gasteiger partial charge >= 0.3 is 29.8 Å². The number of amides is 1. The van der Waals surface area contributed by atoms with Crippen LogP contribution in [0.2, 0.25) is 0 Å². The molecule has 3 saturated heterocycles. The van der Waals surface area contributed by atoms with E-state index in [1.165, 1.54) is 70.9 Å². The minimum atomic E-state index is -0.761. The highest BCUT2D eigenvalue weighted by molar-refractivity contribution is 5.88. The van der Waals surface area contributed by atoms with Crippen LogP contribution < -0.4 is 0 Å². The maximum absolute atomic E-state index is 11.1. The molecule has 0 spiro atoms. The molecule has 3 saturated carbocycles. The highest BCUT2D eigenvalue weighted by Crippen LogP contribution is 2.39. The van der Waals surface area contributed by atoms with Crippen molar-refractivity contribution in [3.05, 3.63) is 23.9 Å². The largest absolute Gasteiger partial charge is 0.481 e. The van der Waals surface area contributed by atoms with Gasteiger partial charge in [0.05, 0.1) is 17.8 Å². The summed E-state index contributed by atoms with van der Waals surface area (Å²) in [5, 5.41) is 41.7. The van der Waals surface area contributed by atoms with Gasteiger partial charge in [-0.25, -0.2) is 4.79 Å². The summed E-state index contributed by atoms with van der Waals surface area (Å²) in [5.74, 6) is -0.807. The summed E-state index contributed by atoms with van der Waals surface area (Å²) >= 11 is 0. The lowest BCUT2D eigenvalue weighted by molar-refractivity contribution is -0.153. The number of carboxylic acids is 5. The van der Waals surface area contributed by atoms with Crippen LogP contribution in [0.1, 0.15) is 158 Å². The first-order chi connectivity index (χ1) is 29.3. The number of carbonyl (C=O) groups is 6. The molecule has 0 aromatic carbocycles. The number of hydrogen-bond donors (Lipinski definition) is 5. The Morgan fingerprint density at radius 1 is 0.613 bits per heavy atom. The molecule has 7 rings (SSSR count). The van der Waals surface area contributed by atoms with Crippen molar-refractivity contribution in [1.82, 2.24) is 14.7 Å². The van der Waals surface area contributed by atoms with Crippen LogP contribution in [0.4, 0.5) is 0 Å². The molecule has 4 atom stereocenters. The number of likely N-dealkylation sites (tertiary alicyclic amines) is 3. The Kier molecular flexibility index (Phi) is 28.0. The Labute approximate surface area is 372 Å². The molecule has 4 unspecified atom stereocenters. The zero-order valence-electron chi connectivity index (χ0n) is 39.1. The van der Waals surface area contributed by atoms with Gasteiger partial charge < -0.3 is 35.3 Å². The fourth-order valence-corrected chi connectivity index (χ4v) is 8.63. The van der Waals surface area contributed by atoms with E-state index in [1.54, 1.807) is 13.0 Å². The van der Waals surface area contributed by atoms with Gasteiger partial charge in [-0.15, -0.1) is 0 Å². The van der Waals surface area contributed by atoms with Crippen molar-refractivity contribution in [3.63, 3.8) is 0 Å². The van der Waals surface area contributed by atoms with Crippen LogP contribution in [0.15, 0.2) is 23.9 Å². The molecule has 0 bridgehead atoms. The molecule has 0 aromatic rings. The van der Waals surface area contributed by atoms with Gasteiger partial charge in [0.2, 0.25) is 5.91 Å². The van der Waals surface area contributed by atoms with Gasteiger partial charge in [0.25, 0.3) is 0 Å². The second-order valence-electron chi connectivity index (χ2n) is 18.3. The molecule has 7 aliphatic rings. The summed E-state index contributed by atoms with van der Waals surface area (Å²) in [6, 6.07) is 0.327. The maximum atomic E-state index is 11.1. The standard InChI is InChI=1S/C11H19NO2.C8H15NO.C8H15N.2C6H10O2.C6H8O2.C3H6O2/c1-8-7-9(11(13)14)10(8)12-5-3-2-4-6-12;1-2-8(10)9-6-4-3-5-7-9;1-2-6-9-7-4-3-5-8-9;3*1-4-2-5(3-4)6(7)8;1-2-3(4)5/h8-10H,2-7H2,1H3,(H,13,14);2-7H2,1H3;2,6H,3-5,7-8H2,1H3;2*4-5H,2-3H2,1H3,(H,7,8);2,4H,3H2,1H3,(H,7,8);2H2,1H3,(H,4,5)/b;;6-2+;;;;. The molecule has 1 amide bonds. The number of rotatable bonds is 8. The van der Waals surface area contributed by atoms with E-state index in [-0.39, 0.29) is 24.2 Å². The summed E-state index contributed by atoms with van der Waals surface area (Å²) in [6.07, 6.45) is 23.8. The second kappa shape index (κ2) is 31.0. The van der Waals surface area contributed by atoms with E-state index in [9.17, 15) is 28.8 Å². The van der Waals surface area contributed by atoms with Crippen LogP contribution in [-0.4, -0.2) is 121 Å². The van der Waals surface area contributed by atoms with Crippen molar-refractivity contribution in [2.45, 2.75) is 164 Å². The van der Waals surface area contributed by atoms with Crippen LogP contribution in [0.3, 0.4) is 0 Å². The van der Waals surface area contributed by atoms with Gasteiger partial charge in [-0.2, -0.15) is 0 Å². The highest BCUT2D eigenvalue weighted by Gasteiger charge is 2.46. The number of hydrogen-bond acceptors (Lipinski definition) is 8. The van der Waals surface area contributed by atoms with E-state index in [0.717, 1.165) is 64.7 Å². The van der Waals surface area contributed by atoms with Gasteiger partial charge in [-0.05, 0) is 140 Å². The SMILES string of the molecule is C/C=C/N1CCCCC1.CC1C=C(C(=O)O)C1.CC1CC(C(=O)O)C1.CC1CC(C(=O)O)C1.CC1CC(C(=O)O)C1N1CCCCC1.CCC(=O)N1CCCCC1.CCC(=O)O. The molecule has 6 fully saturated rings. The molecule has 14 heteroatoms. The molecule has 0 aromatic heterocycles. The zero-order valence-corrected chi connectivity index (χ0v) is 39.1. The van der Waals surface area contributed by atoms with Crippen LogP contribution in [0, 0.1) is 41.4 Å². The Hall–Kier alpha value is -3.94. The average Bonchev–Trinajstić information content (AvgIpc) is 3.21. The van der Waals surface area contributed by atoms with Gasteiger partial charge in [-0.3, -0.25) is 28.9 Å². The van der Waals surface area contributed by atoms with Gasteiger partial charge in [0, 0.05) is 50.6 Å². The van der Waals surface area contributed by atoms with E-state index >= 15 is 0 Å². The van der Waals surface area contributed by atoms with E-state index < -0.39 is 29.8 Å². The zero-order chi connectivity index (χ0) is 46.8. The molecule has 62 heavy (non-hydrogen) atoms. The summed E-state index contributed by atoms with van der Waals surface area (Å²) < 4.78 is 0. The van der Waals surface area contributed by atoms with Crippen LogP contribution in [0.25, 0.3) is 0 Å². The predicted octanol–water partition coefficient (Wildman–Crippen LogP) is 8.75. The Bertz CT molecular complexity index is 1380. The number of piperidine rings is 3. The van der Waals surface area contributed by atoms with Crippen molar-refractivity contribution < 1.29 is 54.3 Å². The van der Waals surface area contributed by atoms with Gasteiger partial charge in [0.15, 0.2) is 0 Å². The monoisotopic (exact) mass is 878 g/mol. The summed E-state index contributed by atoms with van der Waals surface area (Å²) in [7, 11) is 0. The number of aliphatic carboxylic acids is 5. The molecule has 3 heterocycles. The Balaban J connectivity index is 0.000000369. The summed E-state index contributed by atoms with van der Waals surface area (Å²) in [4.78, 5) is 68.5. The first kappa shape index (κ1) is 56.1. The van der Waals surface area contributed by atoms with E-state index in [4.69, 9.17) is 25.5 Å². The van der Waals surface area contributed by atoms with Crippen molar-refractivity contribution in [1.29, 1.82) is 0 Å². The average molecular weight is 878 g/mol. The lowest BCUT2D eigenvalue weighted by Gasteiger charge is -2.48. The number of carboxylic acid groups (broad SMARTS) is 5. The number of allylic oxidation sites excluding steroid dienone is 2. The van der Waals surface area contributed by atoms with E-state index in [1.807, 2.05) is 18.7 Å². The molecular formula is C48H83N3O11. The van der Waals surface area contributed by atoms with E-state index in [0.29, 0.717) is 47.6 Å². The first-order valence-corrected chi connectivity index (χ1v) is 23.6. The summed E-state index contributed by atoms with van der Waals surface area (Å²) in [5.41, 5.74) is 0.567. The third-order valence-corrected chi connectivity index (χ3v) is 12.6. The van der Waals surface area contributed by atoms with Crippen molar-refractivity contribution >= 4 is 35.8 Å². The van der Waals surface area contributed by atoms with Crippen LogP contribution in [-0.2, 0) is 28.8 Å². The number of nitrogens with zero attached hydrogens (tertiary/aromatic N) is 3. The third kappa shape index (κ3) is 22.4. The quantitative estimate of drug-likeness (QED) is 0.154. The fraction of sp³-hybridized carbons (Fsp3) is 0.792. The number of carbonyl (C=O) groups excluding carboxylic acids is 1. The molecule has 0 radical (unpaired) electrons. The molecular weight excluding hydrogens is 795 g/mol. The van der Waals surface area contributed by atoms with Crippen molar-refractivity contribution in [2.75, 3.05) is 39.3 Å². The Morgan fingerprint density at radius 3 is 1.31 bits per heavy atom. The normalized spacial score (nSPS) is 28.3. The van der Waals surface area contributed by atoms with Crippen LogP contribution >= 0.6 is 0 Å². The Morgan fingerprint density at radius 2 is 1.03 bits per heavy atom. The smallest absolute Gasteiger partial charge is 0.331 e. The molecule has 4 aliphatic carbocycles. The third-order valence-electron chi connectivity index (χ3n) is 12.6. The minimum absolute atomic E-state index is 0.0231. The lowest BCUT2D eigenvalue weighted by Crippen LogP contribution is -2.56. The fourth-order valence-electron chi connectivity index (χ4n) is 8.63.